The Kier molecular flexibility index (Phi) is 4.24. The van der Waals surface area contributed by atoms with E-state index in [1.165, 1.54) is 5.56 Å². The van der Waals surface area contributed by atoms with Gasteiger partial charge in [-0.2, -0.15) is 0 Å². The summed E-state index contributed by atoms with van der Waals surface area (Å²) < 4.78 is 5.87. The molecule has 1 saturated carbocycles. The zero-order valence-electron chi connectivity index (χ0n) is 10.8. The van der Waals surface area contributed by atoms with E-state index in [2.05, 4.69) is 19.1 Å². The van der Waals surface area contributed by atoms with Crippen LogP contribution in [0.5, 0.6) is 5.75 Å². The quantitative estimate of drug-likeness (QED) is 0.889. The predicted octanol–water partition coefficient (Wildman–Crippen LogP) is 3.27. The van der Waals surface area contributed by atoms with E-state index in [9.17, 15) is 4.79 Å². The maximum atomic E-state index is 11.0. The first-order valence-electron chi connectivity index (χ1n) is 6.67. The van der Waals surface area contributed by atoms with Crippen molar-refractivity contribution in [1.29, 1.82) is 0 Å². The Morgan fingerprint density at radius 2 is 2.06 bits per heavy atom. The molecule has 1 aliphatic carbocycles. The van der Waals surface area contributed by atoms with E-state index in [1.54, 1.807) is 0 Å². The second kappa shape index (κ2) is 5.89. The summed E-state index contributed by atoms with van der Waals surface area (Å²) in [4.78, 5) is 11.0. The third-order valence-corrected chi connectivity index (χ3v) is 3.61. The van der Waals surface area contributed by atoms with E-state index >= 15 is 0 Å². The van der Waals surface area contributed by atoms with Gasteiger partial charge in [0.15, 0.2) is 0 Å². The summed E-state index contributed by atoms with van der Waals surface area (Å²) in [7, 11) is 0. The van der Waals surface area contributed by atoms with Crippen molar-refractivity contribution in [3.05, 3.63) is 29.8 Å². The summed E-state index contributed by atoms with van der Waals surface area (Å²) in [5.41, 5.74) is 1.29. The Hall–Kier alpha value is -1.51. The lowest BCUT2D eigenvalue weighted by atomic mass is 9.87. The van der Waals surface area contributed by atoms with Crippen LogP contribution < -0.4 is 4.74 Å². The zero-order valence-corrected chi connectivity index (χ0v) is 10.8. The van der Waals surface area contributed by atoms with Crippen LogP contribution in [0.1, 0.15) is 38.2 Å². The molecule has 0 aromatic heterocycles. The highest BCUT2D eigenvalue weighted by Gasteiger charge is 2.27. The smallest absolute Gasteiger partial charge is 0.306 e. The lowest BCUT2D eigenvalue weighted by molar-refractivity contribution is -0.143. The van der Waals surface area contributed by atoms with E-state index in [0.717, 1.165) is 31.4 Å². The minimum atomic E-state index is -0.690. The molecule has 0 radical (unpaired) electrons. The van der Waals surface area contributed by atoms with Crippen molar-refractivity contribution >= 4 is 5.97 Å². The van der Waals surface area contributed by atoms with Crippen LogP contribution in [0.2, 0.25) is 0 Å². The molecular formula is C15H20O3. The lowest BCUT2D eigenvalue weighted by Crippen LogP contribution is -2.29. The highest BCUT2D eigenvalue weighted by atomic mass is 16.5. The molecule has 18 heavy (non-hydrogen) atoms. The fraction of sp³-hybridized carbons (Fsp3) is 0.533. The largest absolute Gasteiger partial charge is 0.490 e. The van der Waals surface area contributed by atoms with Gasteiger partial charge in [-0.15, -0.1) is 0 Å². The summed E-state index contributed by atoms with van der Waals surface area (Å²) in [6.07, 6.45) is 4.38. The molecular weight excluding hydrogens is 228 g/mol. The van der Waals surface area contributed by atoms with Crippen molar-refractivity contribution in [2.45, 2.75) is 45.1 Å². The van der Waals surface area contributed by atoms with Crippen LogP contribution in [-0.2, 0) is 11.2 Å². The Labute approximate surface area is 108 Å². The van der Waals surface area contributed by atoms with E-state index in [1.807, 2.05) is 12.1 Å². The fourth-order valence-electron chi connectivity index (χ4n) is 2.47. The molecule has 0 spiro atoms. The Morgan fingerprint density at radius 1 is 1.33 bits per heavy atom. The Morgan fingerprint density at radius 3 is 2.67 bits per heavy atom. The summed E-state index contributed by atoms with van der Waals surface area (Å²) in [5.74, 6) is -0.0773. The number of carboxylic acids is 1. The van der Waals surface area contributed by atoms with Crippen molar-refractivity contribution < 1.29 is 14.6 Å². The second-order valence-electron chi connectivity index (χ2n) is 4.94. The first-order valence-corrected chi connectivity index (χ1v) is 6.67. The van der Waals surface area contributed by atoms with Gasteiger partial charge in [0.1, 0.15) is 5.75 Å². The molecule has 1 fully saturated rings. The third kappa shape index (κ3) is 3.25. The first kappa shape index (κ1) is 12.9. The van der Waals surface area contributed by atoms with Gasteiger partial charge in [-0.1, -0.05) is 19.1 Å². The monoisotopic (exact) mass is 248 g/mol. The Balaban J connectivity index is 1.93. The summed E-state index contributed by atoms with van der Waals surface area (Å²) >= 11 is 0. The van der Waals surface area contributed by atoms with Crippen molar-refractivity contribution in [2.75, 3.05) is 0 Å². The maximum absolute atomic E-state index is 11.0. The van der Waals surface area contributed by atoms with Crippen molar-refractivity contribution in [1.82, 2.24) is 0 Å². The van der Waals surface area contributed by atoms with Gasteiger partial charge in [-0.25, -0.2) is 0 Å². The average Bonchev–Trinajstić information content (AvgIpc) is 2.40. The molecule has 1 aliphatic rings. The van der Waals surface area contributed by atoms with Gasteiger partial charge in [0.2, 0.25) is 0 Å². The van der Waals surface area contributed by atoms with Gasteiger partial charge >= 0.3 is 5.97 Å². The normalized spacial score (nSPS) is 23.6. The van der Waals surface area contributed by atoms with Crippen LogP contribution >= 0.6 is 0 Å². The zero-order chi connectivity index (χ0) is 13.0. The number of carbonyl (C=O) groups is 1. The van der Waals surface area contributed by atoms with Crippen molar-refractivity contribution in [3.8, 4) is 5.75 Å². The number of aryl methyl sites for hydroxylation is 1. The van der Waals surface area contributed by atoms with Gasteiger partial charge in [-0.05, 0) is 49.8 Å². The number of hydrogen-bond acceptors (Lipinski definition) is 2. The lowest BCUT2D eigenvalue weighted by Gasteiger charge is -2.27. The maximum Gasteiger partial charge on any atom is 0.306 e. The van der Waals surface area contributed by atoms with Crippen LogP contribution in [0, 0.1) is 5.92 Å². The average molecular weight is 248 g/mol. The molecule has 0 saturated heterocycles. The van der Waals surface area contributed by atoms with Gasteiger partial charge in [0, 0.05) is 0 Å². The van der Waals surface area contributed by atoms with Crippen LogP contribution in [-0.4, -0.2) is 17.2 Å². The number of benzene rings is 1. The van der Waals surface area contributed by atoms with Crippen LogP contribution in [0.15, 0.2) is 24.3 Å². The van der Waals surface area contributed by atoms with Crippen molar-refractivity contribution in [2.24, 2.45) is 5.92 Å². The summed E-state index contributed by atoms with van der Waals surface area (Å²) in [5, 5.41) is 9.03. The predicted molar refractivity (Wildman–Crippen MR) is 69.8 cm³/mol. The van der Waals surface area contributed by atoms with E-state index in [4.69, 9.17) is 9.84 Å². The first-order chi connectivity index (χ1) is 8.69. The fourth-order valence-corrected chi connectivity index (χ4v) is 2.47. The molecule has 3 nitrogen and oxygen atoms in total. The highest BCUT2D eigenvalue weighted by molar-refractivity contribution is 5.70. The topological polar surface area (TPSA) is 46.5 Å². The number of hydrogen-bond donors (Lipinski definition) is 1. The summed E-state index contributed by atoms with van der Waals surface area (Å²) in [6.45, 7) is 2.12. The standard InChI is InChI=1S/C15H20O3/c1-2-11-6-8-13(9-7-11)18-14-5-3-4-12(10-14)15(16)17/h6-9,12,14H,2-5,10H2,1H3,(H,16,17)/t12-,14+/m0/s1. The molecule has 98 valence electrons. The molecule has 0 aliphatic heterocycles. The van der Waals surface area contributed by atoms with Crippen LogP contribution in [0.4, 0.5) is 0 Å². The second-order valence-corrected chi connectivity index (χ2v) is 4.94. The minimum Gasteiger partial charge on any atom is -0.490 e. The third-order valence-electron chi connectivity index (χ3n) is 3.61. The molecule has 3 heteroatoms. The number of aliphatic carboxylic acids is 1. The SMILES string of the molecule is CCc1ccc(O[C@@H]2CCC[C@H](C(=O)O)C2)cc1. The molecule has 1 N–H and O–H groups in total. The van der Waals surface area contributed by atoms with Gasteiger partial charge < -0.3 is 9.84 Å². The van der Waals surface area contributed by atoms with Crippen molar-refractivity contribution in [3.63, 3.8) is 0 Å². The molecule has 0 amide bonds. The highest BCUT2D eigenvalue weighted by Crippen LogP contribution is 2.28. The van der Waals surface area contributed by atoms with Crippen LogP contribution in [0.25, 0.3) is 0 Å². The van der Waals surface area contributed by atoms with Crippen LogP contribution in [0.3, 0.4) is 0 Å². The molecule has 0 bridgehead atoms. The number of carboxylic acid groups (broad SMARTS) is 1. The van der Waals surface area contributed by atoms with E-state index in [-0.39, 0.29) is 12.0 Å². The molecule has 2 rings (SSSR count). The molecule has 2 atom stereocenters. The van der Waals surface area contributed by atoms with Gasteiger partial charge in [0.05, 0.1) is 12.0 Å². The van der Waals surface area contributed by atoms with E-state index < -0.39 is 5.97 Å². The Bertz CT molecular complexity index is 397. The molecule has 0 heterocycles. The van der Waals surface area contributed by atoms with E-state index in [0.29, 0.717) is 6.42 Å². The van der Waals surface area contributed by atoms with Gasteiger partial charge in [0.25, 0.3) is 0 Å². The minimum absolute atomic E-state index is 0.0485. The molecule has 0 unspecified atom stereocenters. The van der Waals surface area contributed by atoms with Gasteiger partial charge in [-0.3, -0.25) is 4.79 Å². The molecule has 1 aromatic carbocycles. The number of ether oxygens (including phenoxy) is 1. The number of rotatable bonds is 4. The molecule has 1 aromatic rings. The summed E-state index contributed by atoms with van der Waals surface area (Å²) in [6, 6.07) is 8.08.